The van der Waals surface area contributed by atoms with E-state index in [1.807, 2.05) is 19.1 Å². The van der Waals surface area contributed by atoms with E-state index in [1.54, 1.807) is 27.2 Å². The SMILES string of the molecule is CCCOC(C)c1cccc2[nH]c3cnc(OC(=O)OC(C)C)c(COC)c3c12. The molecule has 0 radical (unpaired) electrons. The van der Waals surface area contributed by atoms with E-state index in [9.17, 15) is 4.79 Å². The molecule has 0 aliphatic rings. The van der Waals surface area contributed by atoms with Crippen molar-refractivity contribution in [2.45, 2.75) is 52.9 Å². The van der Waals surface area contributed by atoms with Crippen molar-refractivity contribution in [2.75, 3.05) is 13.7 Å². The number of hydrogen-bond donors (Lipinski definition) is 1. The van der Waals surface area contributed by atoms with Gasteiger partial charge in [-0.3, -0.25) is 0 Å². The zero-order valence-corrected chi connectivity index (χ0v) is 17.6. The number of rotatable bonds is 8. The molecule has 3 aromatic rings. The minimum atomic E-state index is -0.788. The molecule has 1 N–H and O–H groups in total. The number of carbonyl (C=O) groups is 1. The molecular formula is C22H28N2O5. The van der Waals surface area contributed by atoms with Crippen molar-refractivity contribution in [1.82, 2.24) is 9.97 Å². The van der Waals surface area contributed by atoms with Gasteiger partial charge in [-0.15, -0.1) is 0 Å². The van der Waals surface area contributed by atoms with Gasteiger partial charge in [0.05, 0.1) is 36.1 Å². The van der Waals surface area contributed by atoms with Crippen LogP contribution in [-0.2, 0) is 20.8 Å². The van der Waals surface area contributed by atoms with Crippen molar-refractivity contribution < 1.29 is 23.7 Å². The van der Waals surface area contributed by atoms with Gasteiger partial charge < -0.3 is 23.9 Å². The Kier molecular flexibility index (Phi) is 6.71. The molecule has 0 bridgehead atoms. The predicted molar refractivity (Wildman–Crippen MR) is 111 cm³/mol. The van der Waals surface area contributed by atoms with Crippen molar-refractivity contribution >= 4 is 28.0 Å². The van der Waals surface area contributed by atoms with E-state index in [2.05, 4.69) is 23.0 Å². The molecule has 3 rings (SSSR count). The van der Waals surface area contributed by atoms with Crippen molar-refractivity contribution in [3.8, 4) is 5.88 Å². The minimum absolute atomic E-state index is 0.0866. The first-order valence-corrected chi connectivity index (χ1v) is 9.87. The minimum Gasteiger partial charge on any atom is -0.431 e. The van der Waals surface area contributed by atoms with Crippen LogP contribution in [0, 0.1) is 0 Å². The molecule has 0 saturated carbocycles. The van der Waals surface area contributed by atoms with Crippen LogP contribution in [0.15, 0.2) is 24.4 Å². The number of fused-ring (bicyclic) bond motifs is 3. The molecule has 0 saturated heterocycles. The van der Waals surface area contributed by atoms with Crippen LogP contribution in [0.1, 0.15) is 51.3 Å². The summed E-state index contributed by atoms with van der Waals surface area (Å²) in [6, 6.07) is 6.07. The number of ether oxygens (including phenoxy) is 4. The number of aromatic nitrogens is 2. The maximum Gasteiger partial charge on any atom is 0.515 e. The highest BCUT2D eigenvalue weighted by Gasteiger charge is 2.22. The molecule has 1 unspecified atom stereocenters. The molecule has 2 heterocycles. The molecule has 0 fully saturated rings. The Morgan fingerprint density at radius 3 is 2.66 bits per heavy atom. The van der Waals surface area contributed by atoms with E-state index in [0.717, 1.165) is 33.8 Å². The monoisotopic (exact) mass is 400 g/mol. The number of benzene rings is 1. The normalized spacial score (nSPS) is 12.6. The van der Waals surface area contributed by atoms with Gasteiger partial charge in [0.1, 0.15) is 0 Å². The summed E-state index contributed by atoms with van der Waals surface area (Å²) in [5.74, 6) is 0.183. The van der Waals surface area contributed by atoms with Crippen LogP contribution in [0.3, 0.4) is 0 Å². The molecule has 0 amide bonds. The van der Waals surface area contributed by atoms with Gasteiger partial charge in [0.15, 0.2) is 0 Å². The Balaban J connectivity index is 2.17. The Hall–Kier alpha value is -2.64. The van der Waals surface area contributed by atoms with Crippen LogP contribution in [0.4, 0.5) is 4.79 Å². The lowest BCUT2D eigenvalue weighted by Gasteiger charge is -2.16. The Morgan fingerprint density at radius 1 is 1.17 bits per heavy atom. The van der Waals surface area contributed by atoms with Gasteiger partial charge in [-0.25, -0.2) is 9.78 Å². The van der Waals surface area contributed by atoms with Crippen molar-refractivity contribution in [3.05, 3.63) is 35.5 Å². The number of H-pyrrole nitrogens is 1. The van der Waals surface area contributed by atoms with Crippen LogP contribution in [-0.4, -0.2) is 35.9 Å². The molecule has 7 heteroatoms. The van der Waals surface area contributed by atoms with E-state index in [4.69, 9.17) is 18.9 Å². The number of aromatic amines is 1. The highest BCUT2D eigenvalue weighted by molar-refractivity contribution is 6.11. The van der Waals surface area contributed by atoms with E-state index in [-0.39, 0.29) is 24.7 Å². The lowest BCUT2D eigenvalue weighted by atomic mass is 10.0. The molecule has 0 aliphatic carbocycles. The average molecular weight is 400 g/mol. The fourth-order valence-electron chi connectivity index (χ4n) is 3.40. The van der Waals surface area contributed by atoms with Gasteiger partial charge >= 0.3 is 6.16 Å². The third-order valence-electron chi connectivity index (χ3n) is 4.57. The molecule has 1 atom stereocenters. The van der Waals surface area contributed by atoms with Crippen LogP contribution in [0.2, 0.25) is 0 Å². The number of nitrogens with one attached hydrogen (secondary N) is 1. The second-order valence-electron chi connectivity index (χ2n) is 7.19. The summed E-state index contributed by atoms with van der Waals surface area (Å²) in [6.45, 7) is 8.57. The number of methoxy groups -OCH3 is 1. The lowest BCUT2D eigenvalue weighted by molar-refractivity contribution is 0.0672. The zero-order valence-electron chi connectivity index (χ0n) is 17.6. The Bertz CT molecular complexity index is 996. The van der Waals surface area contributed by atoms with Gasteiger partial charge in [-0.2, -0.15) is 0 Å². The number of carbonyl (C=O) groups excluding carboxylic acids is 1. The van der Waals surface area contributed by atoms with Gasteiger partial charge in [-0.1, -0.05) is 19.1 Å². The first kappa shape index (κ1) is 21.1. The third-order valence-corrected chi connectivity index (χ3v) is 4.57. The fraction of sp³-hybridized carbons (Fsp3) is 0.455. The summed E-state index contributed by atoms with van der Waals surface area (Å²) >= 11 is 0. The summed E-state index contributed by atoms with van der Waals surface area (Å²) in [6.07, 6.45) is 1.45. The van der Waals surface area contributed by atoms with Crippen molar-refractivity contribution in [1.29, 1.82) is 0 Å². The second-order valence-corrected chi connectivity index (χ2v) is 7.19. The van der Waals surface area contributed by atoms with Crippen LogP contribution in [0.25, 0.3) is 21.8 Å². The summed E-state index contributed by atoms with van der Waals surface area (Å²) in [7, 11) is 1.60. The Labute approximate surface area is 170 Å². The summed E-state index contributed by atoms with van der Waals surface area (Å²) in [5, 5.41) is 1.93. The van der Waals surface area contributed by atoms with Gasteiger partial charge in [0.25, 0.3) is 0 Å². The average Bonchev–Trinajstić information content (AvgIpc) is 3.06. The quantitative estimate of drug-likeness (QED) is 0.518. The number of pyridine rings is 1. The van der Waals surface area contributed by atoms with E-state index in [1.165, 1.54) is 0 Å². The first-order valence-electron chi connectivity index (χ1n) is 9.87. The van der Waals surface area contributed by atoms with E-state index >= 15 is 0 Å². The molecular weight excluding hydrogens is 372 g/mol. The molecule has 0 aliphatic heterocycles. The highest BCUT2D eigenvalue weighted by Crippen LogP contribution is 2.37. The van der Waals surface area contributed by atoms with E-state index < -0.39 is 6.16 Å². The van der Waals surface area contributed by atoms with Crippen molar-refractivity contribution in [2.24, 2.45) is 0 Å². The van der Waals surface area contributed by atoms with Crippen molar-refractivity contribution in [3.63, 3.8) is 0 Å². The highest BCUT2D eigenvalue weighted by atomic mass is 16.7. The summed E-state index contributed by atoms with van der Waals surface area (Å²) in [4.78, 5) is 19.8. The number of nitrogens with zero attached hydrogens (tertiary/aromatic N) is 1. The molecule has 1 aromatic carbocycles. The lowest BCUT2D eigenvalue weighted by Crippen LogP contribution is -2.17. The third kappa shape index (κ3) is 4.52. The standard InChI is InChI=1S/C22H28N2O5/c1-6-10-27-14(4)15-8-7-9-17-19(15)20-16(12-26-5)21(23-11-18(20)24-17)29-22(25)28-13(2)3/h7-9,11,13-14,24H,6,10,12H2,1-5H3. The number of hydrogen-bond acceptors (Lipinski definition) is 6. The zero-order chi connectivity index (χ0) is 21.0. The Morgan fingerprint density at radius 2 is 1.97 bits per heavy atom. The van der Waals surface area contributed by atoms with Crippen LogP contribution >= 0.6 is 0 Å². The molecule has 7 nitrogen and oxygen atoms in total. The molecule has 0 spiro atoms. The summed E-state index contributed by atoms with van der Waals surface area (Å²) in [5.41, 5.74) is 3.55. The smallest absolute Gasteiger partial charge is 0.431 e. The maximum atomic E-state index is 12.1. The molecule has 29 heavy (non-hydrogen) atoms. The topological polar surface area (TPSA) is 82.7 Å². The predicted octanol–water partition coefficient (Wildman–Crippen LogP) is 5.27. The molecule has 156 valence electrons. The van der Waals surface area contributed by atoms with Gasteiger partial charge in [0.2, 0.25) is 5.88 Å². The fourth-order valence-corrected chi connectivity index (χ4v) is 3.40. The second kappa shape index (κ2) is 9.24. The molecule has 2 aromatic heterocycles. The van der Waals surface area contributed by atoms with Crippen LogP contribution < -0.4 is 4.74 Å². The maximum absolute atomic E-state index is 12.1. The van der Waals surface area contributed by atoms with Gasteiger partial charge in [0, 0.05) is 30.0 Å². The summed E-state index contributed by atoms with van der Waals surface area (Å²) < 4.78 is 21.9. The van der Waals surface area contributed by atoms with Gasteiger partial charge in [-0.05, 0) is 38.8 Å². The van der Waals surface area contributed by atoms with Crippen LogP contribution in [0.5, 0.6) is 5.88 Å². The first-order chi connectivity index (χ1) is 14.0. The largest absolute Gasteiger partial charge is 0.515 e. The van der Waals surface area contributed by atoms with E-state index in [0.29, 0.717) is 12.2 Å².